The highest BCUT2D eigenvalue weighted by Gasteiger charge is 2.16. The van der Waals surface area contributed by atoms with Gasteiger partial charge >= 0.3 is 0 Å². The summed E-state index contributed by atoms with van der Waals surface area (Å²) in [6.07, 6.45) is 5.54. The molecule has 0 unspecified atom stereocenters. The van der Waals surface area contributed by atoms with Crippen LogP contribution in [0.4, 0.5) is 17.2 Å². The van der Waals surface area contributed by atoms with Crippen LogP contribution in [0.2, 0.25) is 0 Å². The lowest BCUT2D eigenvalue weighted by atomic mass is 9.99. The van der Waals surface area contributed by atoms with E-state index in [0.717, 1.165) is 24.7 Å². The monoisotopic (exact) mass is 353 g/mol. The molecule has 138 valence electrons. The summed E-state index contributed by atoms with van der Waals surface area (Å²) in [6.45, 7) is 8.55. The fraction of sp³-hybridized carbons (Fsp3) is 0.450. The van der Waals surface area contributed by atoms with E-state index >= 15 is 0 Å². The molecule has 1 saturated heterocycles. The number of carbonyl (C=O) groups is 1. The van der Waals surface area contributed by atoms with E-state index in [1.54, 1.807) is 6.20 Å². The van der Waals surface area contributed by atoms with Crippen molar-refractivity contribution in [3.8, 4) is 0 Å². The first-order valence-corrected chi connectivity index (χ1v) is 9.26. The van der Waals surface area contributed by atoms with Gasteiger partial charge in [-0.05, 0) is 56.9 Å². The van der Waals surface area contributed by atoms with Crippen molar-refractivity contribution >= 4 is 23.1 Å². The minimum absolute atomic E-state index is 0.256. The molecule has 26 heavy (non-hydrogen) atoms. The number of amides is 1. The van der Waals surface area contributed by atoms with Crippen LogP contribution < -0.4 is 15.5 Å². The molecule has 2 heterocycles. The first-order chi connectivity index (χ1) is 12.5. The zero-order valence-electron chi connectivity index (χ0n) is 15.7. The maximum atomic E-state index is 12.3. The van der Waals surface area contributed by atoms with Crippen molar-refractivity contribution in [3.63, 3.8) is 0 Å². The standard InChI is InChI=1S/C20H27N5O/c1-14(2)23-19-13-21-18(12-22-19)20(26)24-16-4-6-17(7-5-16)25-10-8-15(3)9-11-25/h4-7,12-15H,8-11H2,1-3H3,(H,22,23)(H,24,26). The van der Waals surface area contributed by atoms with Crippen molar-refractivity contribution in [2.45, 2.75) is 39.7 Å². The van der Waals surface area contributed by atoms with Gasteiger partial charge in [0.25, 0.3) is 5.91 Å². The fourth-order valence-electron chi connectivity index (χ4n) is 3.03. The Labute approximate surface area is 155 Å². The van der Waals surface area contributed by atoms with Crippen molar-refractivity contribution in [2.24, 2.45) is 5.92 Å². The van der Waals surface area contributed by atoms with Crippen LogP contribution in [0.3, 0.4) is 0 Å². The number of carbonyl (C=O) groups excluding carboxylic acids is 1. The Morgan fingerprint density at radius 3 is 2.38 bits per heavy atom. The predicted molar refractivity (Wildman–Crippen MR) is 106 cm³/mol. The number of hydrogen-bond donors (Lipinski definition) is 2. The van der Waals surface area contributed by atoms with Gasteiger partial charge in [0.05, 0.1) is 12.4 Å². The quantitative estimate of drug-likeness (QED) is 0.856. The van der Waals surface area contributed by atoms with Crippen LogP contribution in [0.5, 0.6) is 0 Å². The third-order valence-electron chi connectivity index (χ3n) is 4.59. The number of piperidine rings is 1. The Bertz CT molecular complexity index is 719. The van der Waals surface area contributed by atoms with Gasteiger partial charge in [-0.2, -0.15) is 0 Å². The molecule has 2 aromatic rings. The van der Waals surface area contributed by atoms with E-state index in [1.807, 2.05) is 26.0 Å². The van der Waals surface area contributed by atoms with E-state index in [4.69, 9.17) is 0 Å². The third kappa shape index (κ3) is 4.71. The van der Waals surface area contributed by atoms with E-state index in [1.165, 1.54) is 24.7 Å². The Hall–Kier alpha value is -2.63. The minimum Gasteiger partial charge on any atom is -0.372 e. The van der Waals surface area contributed by atoms with Crippen molar-refractivity contribution in [1.82, 2.24) is 9.97 Å². The molecule has 2 N–H and O–H groups in total. The summed E-state index contributed by atoms with van der Waals surface area (Å²) >= 11 is 0. The lowest BCUT2D eigenvalue weighted by Crippen LogP contribution is -2.32. The molecule has 0 spiro atoms. The molecule has 1 fully saturated rings. The van der Waals surface area contributed by atoms with Gasteiger partial charge < -0.3 is 15.5 Å². The number of aromatic nitrogens is 2. The maximum Gasteiger partial charge on any atom is 0.275 e. The van der Waals surface area contributed by atoms with E-state index in [9.17, 15) is 4.79 Å². The molecule has 0 saturated carbocycles. The summed E-state index contributed by atoms with van der Waals surface area (Å²) in [4.78, 5) is 23.1. The van der Waals surface area contributed by atoms with Crippen molar-refractivity contribution in [1.29, 1.82) is 0 Å². The third-order valence-corrected chi connectivity index (χ3v) is 4.59. The Balaban J connectivity index is 1.59. The zero-order chi connectivity index (χ0) is 18.5. The number of nitrogens with one attached hydrogen (secondary N) is 2. The van der Waals surface area contributed by atoms with Gasteiger partial charge in [0.15, 0.2) is 0 Å². The molecule has 3 rings (SSSR count). The second kappa shape index (κ2) is 8.17. The van der Waals surface area contributed by atoms with E-state index in [0.29, 0.717) is 11.5 Å². The Kier molecular flexibility index (Phi) is 5.71. The second-order valence-corrected chi connectivity index (χ2v) is 7.26. The molecule has 1 aromatic carbocycles. The highest BCUT2D eigenvalue weighted by molar-refractivity contribution is 6.02. The number of nitrogens with zero attached hydrogens (tertiary/aromatic N) is 3. The van der Waals surface area contributed by atoms with Crippen LogP contribution in [0.1, 0.15) is 44.1 Å². The summed E-state index contributed by atoms with van der Waals surface area (Å²) in [5, 5.41) is 6.03. The van der Waals surface area contributed by atoms with Crippen LogP contribution in [-0.2, 0) is 0 Å². The van der Waals surface area contributed by atoms with Crippen LogP contribution in [-0.4, -0.2) is 35.0 Å². The molecule has 1 aliphatic rings. The van der Waals surface area contributed by atoms with Crippen molar-refractivity contribution in [2.75, 3.05) is 28.6 Å². The topological polar surface area (TPSA) is 70.2 Å². The largest absolute Gasteiger partial charge is 0.372 e. The second-order valence-electron chi connectivity index (χ2n) is 7.26. The van der Waals surface area contributed by atoms with Crippen molar-refractivity contribution < 1.29 is 4.79 Å². The predicted octanol–water partition coefficient (Wildman–Crippen LogP) is 3.79. The van der Waals surface area contributed by atoms with Gasteiger partial charge in [-0.25, -0.2) is 9.97 Å². The molecule has 6 heteroatoms. The fourth-order valence-corrected chi connectivity index (χ4v) is 3.03. The zero-order valence-corrected chi connectivity index (χ0v) is 15.7. The minimum atomic E-state index is -0.256. The molecule has 0 aliphatic carbocycles. The first-order valence-electron chi connectivity index (χ1n) is 9.26. The lowest BCUT2D eigenvalue weighted by Gasteiger charge is -2.32. The van der Waals surface area contributed by atoms with Crippen molar-refractivity contribution in [3.05, 3.63) is 42.4 Å². The smallest absolute Gasteiger partial charge is 0.275 e. The summed E-state index contributed by atoms with van der Waals surface area (Å²) in [5.74, 6) is 1.22. The SMILES string of the molecule is CC1CCN(c2ccc(NC(=O)c3cnc(NC(C)C)cn3)cc2)CC1. The lowest BCUT2D eigenvalue weighted by molar-refractivity contribution is 0.102. The summed E-state index contributed by atoms with van der Waals surface area (Å²) < 4.78 is 0. The van der Waals surface area contributed by atoms with E-state index in [2.05, 4.69) is 44.6 Å². The van der Waals surface area contributed by atoms with Crippen LogP contribution >= 0.6 is 0 Å². The Morgan fingerprint density at radius 2 is 1.81 bits per heavy atom. The molecule has 1 aliphatic heterocycles. The highest BCUT2D eigenvalue weighted by Crippen LogP contribution is 2.24. The van der Waals surface area contributed by atoms with Gasteiger partial charge in [0.1, 0.15) is 11.5 Å². The maximum absolute atomic E-state index is 12.3. The van der Waals surface area contributed by atoms with E-state index in [-0.39, 0.29) is 11.9 Å². The summed E-state index contributed by atoms with van der Waals surface area (Å²) in [5.41, 5.74) is 2.27. The van der Waals surface area contributed by atoms with Gasteiger partial charge in [-0.1, -0.05) is 6.92 Å². The number of anilines is 3. The molecule has 6 nitrogen and oxygen atoms in total. The molecule has 0 atom stereocenters. The average molecular weight is 353 g/mol. The molecule has 0 bridgehead atoms. The summed E-state index contributed by atoms with van der Waals surface area (Å²) in [7, 11) is 0. The van der Waals surface area contributed by atoms with Gasteiger partial charge in [0.2, 0.25) is 0 Å². The van der Waals surface area contributed by atoms with Crippen LogP contribution in [0.25, 0.3) is 0 Å². The van der Waals surface area contributed by atoms with Gasteiger partial charge in [0, 0.05) is 30.5 Å². The Morgan fingerprint density at radius 1 is 1.12 bits per heavy atom. The molecule has 0 radical (unpaired) electrons. The van der Waals surface area contributed by atoms with Gasteiger partial charge in [-0.15, -0.1) is 0 Å². The summed E-state index contributed by atoms with van der Waals surface area (Å²) in [6, 6.07) is 8.27. The van der Waals surface area contributed by atoms with E-state index < -0.39 is 0 Å². The molecular formula is C20H27N5O. The number of rotatable bonds is 5. The molecule has 1 amide bonds. The first kappa shape index (κ1) is 18.2. The number of benzene rings is 1. The number of hydrogen-bond acceptors (Lipinski definition) is 5. The van der Waals surface area contributed by atoms with Gasteiger partial charge in [-0.3, -0.25) is 4.79 Å². The normalized spacial score (nSPS) is 15.2. The average Bonchev–Trinajstić information content (AvgIpc) is 2.63. The van der Waals surface area contributed by atoms with Crippen LogP contribution in [0.15, 0.2) is 36.7 Å². The van der Waals surface area contributed by atoms with Crippen LogP contribution in [0, 0.1) is 5.92 Å². The molecule has 1 aromatic heterocycles. The highest BCUT2D eigenvalue weighted by atomic mass is 16.1. The molecular weight excluding hydrogens is 326 g/mol.